The number of hydrogen-bond acceptors (Lipinski definition) is 8. The lowest BCUT2D eigenvalue weighted by Crippen LogP contribution is -2.24. The van der Waals surface area contributed by atoms with Gasteiger partial charge in [0.2, 0.25) is 5.91 Å². The molecular weight excluding hydrogens is 489 g/mol. The lowest BCUT2D eigenvalue weighted by Gasteiger charge is -2.21. The molecule has 2 aromatic rings. The third-order valence-electron chi connectivity index (χ3n) is 6.03. The van der Waals surface area contributed by atoms with Crippen LogP contribution in [0.2, 0.25) is 0 Å². The van der Waals surface area contributed by atoms with Gasteiger partial charge in [0, 0.05) is 6.26 Å². The van der Waals surface area contributed by atoms with E-state index in [0.717, 1.165) is 37.5 Å². The molecule has 1 aliphatic carbocycles. The summed E-state index contributed by atoms with van der Waals surface area (Å²) in [5.41, 5.74) is 1.20. The van der Waals surface area contributed by atoms with Gasteiger partial charge in [0.15, 0.2) is 15.7 Å². The van der Waals surface area contributed by atoms with Crippen molar-refractivity contribution in [1.29, 1.82) is 0 Å². The van der Waals surface area contributed by atoms with Crippen molar-refractivity contribution in [2.24, 2.45) is 5.92 Å². The number of sulfone groups is 1. The molecule has 35 heavy (non-hydrogen) atoms. The van der Waals surface area contributed by atoms with E-state index in [9.17, 15) is 17.8 Å². The number of hydrogen-bond donors (Lipinski definition) is 1. The minimum Gasteiger partial charge on any atom is -0.309 e. The molecule has 0 spiro atoms. The Labute approximate surface area is 207 Å². The number of amides is 1. The second-order valence-electron chi connectivity index (χ2n) is 8.77. The van der Waals surface area contributed by atoms with Gasteiger partial charge < -0.3 is 14.4 Å². The molecule has 0 bridgehead atoms. The fourth-order valence-electron chi connectivity index (χ4n) is 4.36. The molecule has 0 saturated heterocycles. The molecule has 1 fully saturated rings. The highest BCUT2D eigenvalue weighted by molar-refractivity contribution is 7.90. The molecule has 0 aliphatic heterocycles. The number of nitrogens with zero attached hydrogens (tertiary/aromatic N) is 2. The quantitative estimate of drug-likeness (QED) is 0.388. The third kappa shape index (κ3) is 7.93. The summed E-state index contributed by atoms with van der Waals surface area (Å²) in [5, 5.41) is 2.84. The molecule has 1 N–H and O–H groups in total. The van der Waals surface area contributed by atoms with Gasteiger partial charge in [-0.2, -0.15) is 0 Å². The molecule has 0 unspecified atom stereocenters. The number of rotatable bonds is 12. The fraction of sp³-hybridized carbons (Fsp3) is 0.542. The van der Waals surface area contributed by atoms with Crippen LogP contribution in [-0.4, -0.2) is 43.8 Å². The summed E-state index contributed by atoms with van der Waals surface area (Å²) in [7, 11) is -6.62. The number of carbonyl (C=O) groups excluding carboxylic acids is 1. The number of carbonyl (C=O) groups is 1. The molecule has 9 nitrogen and oxygen atoms in total. The summed E-state index contributed by atoms with van der Waals surface area (Å²) in [6.07, 6.45) is 9.20. The van der Waals surface area contributed by atoms with Gasteiger partial charge in [-0.05, 0) is 43.9 Å². The largest absolute Gasteiger partial charge is 0.336 e. The van der Waals surface area contributed by atoms with Gasteiger partial charge in [-0.3, -0.25) is 14.3 Å². The van der Waals surface area contributed by atoms with Crippen molar-refractivity contribution < 1.29 is 26.8 Å². The van der Waals surface area contributed by atoms with Crippen molar-refractivity contribution in [2.75, 3.05) is 24.8 Å². The van der Waals surface area contributed by atoms with Crippen LogP contribution >= 0.6 is 7.60 Å². The molecule has 192 valence electrons. The van der Waals surface area contributed by atoms with E-state index in [2.05, 4.69) is 15.3 Å². The Balaban J connectivity index is 1.75. The van der Waals surface area contributed by atoms with Crippen molar-refractivity contribution >= 4 is 29.2 Å². The van der Waals surface area contributed by atoms with E-state index in [1.54, 1.807) is 38.1 Å². The molecule has 1 atom stereocenters. The highest BCUT2D eigenvalue weighted by Crippen LogP contribution is 2.50. The minimum absolute atomic E-state index is 0.00705. The second-order valence-corrected chi connectivity index (χ2v) is 12.8. The summed E-state index contributed by atoms with van der Waals surface area (Å²) in [5.74, 6) is 0.0651. The lowest BCUT2D eigenvalue weighted by molar-refractivity contribution is -0.118. The van der Waals surface area contributed by atoms with Crippen molar-refractivity contribution in [2.45, 2.75) is 62.9 Å². The number of aromatic nitrogens is 2. The first-order chi connectivity index (χ1) is 16.6. The van der Waals surface area contributed by atoms with Gasteiger partial charge in [0.25, 0.3) is 0 Å². The van der Waals surface area contributed by atoms with E-state index in [1.165, 1.54) is 12.4 Å². The third-order valence-corrected chi connectivity index (χ3v) is 9.18. The lowest BCUT2D eigenvalue weighted by atomic mass is 9.87. The normalized spacial score (nSPS) is 15.7. The van der Waals surface area contributed by atoms with Crippen LogP contribution in [0.3, 0.4) is 0 Å². The maximum atomic E-state index is 13.3. The topological polar surface area (TPSA) is 125 Å². The Hall–Kier alpha value is -2.13. The molecule has 11 heteroatoms. The Morgan fingerprint density at radius 1 is 1.09 bits per heavy atom. The average molecular weight is 524 g/mol. The first-order valence-corrected chi connectivity index (χ1v) is 15.6. The van der Waals surface area contributed by atoms with Crippen LogP contribution in [0.4, 0.5) is 5.82 Å². The van der Waals surface area contributed by atoms with Gasteiger partial charge in [-0.25, -0.2) is 13.4 Å². The van der Waals surface area contributed by atoms with Crippen LogP contribution in [0.1, 0.15) is 63.1 Å². The zero-order chi connectivity index (χ0) is 25.5. The first-order valence-electron chi connectivity index (χ1n) is 11.9. The molecule has 1 saturated carbocycles. The molecule has 1 aromatic heterocycles. The fourth-order valence-corrected chi connectivity index (χ4v) is 6.59. The van der Waals surface area contributed by atoms with Crippen LogP contribution in [0.15, 0.2) is 41.6 Å². The van der Waals surface area contributed by atoms with E-state index in [4.69, 9.17) is 9.05 Å². The van der Waals surface area contributed by atoms with Crippen LogP contribution in [0.5, 0.6) is 0 Å². The van der Waals surface area contributed by atoms with Gasteiger partial charge in [0.05, 0.1) is 48.3 Å². The first kappa shape index (κ1) is 27.5. The summed E-state index contributed by atoms with van der Waals surface area (Å²) < 4.78 is 47.0. The zero-order valence-electron chi connectivity index (χ0n) is 20.5. The SMILES string of the molecule is CCOP(=O)(Cc1cnc(NC(=O)[C@H](CC2CCCC2)c2ccc(S(C)(=O)=O)cc2)cn1)OCC. The van der Waals surface area contributed by atoms with Gasteiger partial charge in [0.1, 0.15) is 0 Å². The molecule has 0 radical (unpaired) electrons. The van der Waals surface area contributed by atoms with Gasteiger partial charge in [-0.15, -0.1) is 0 Å². The molecule has 1 aliphatic rings. The Bertz CT molecular complexity index is 1120. The predicted octanol–water partition coefficient (Wildman–Crippen LogP) is 4.95. The highest BCUT2D eigenvalue weighted by atomic mass is 32.2. The van der Waals surface area contributed by atoms with Crippen LogP contribution in [0, 0.1) is 5.92 Å². The van der Waals surface area contributed by atoms with Crippen molar-refractivity contribution in [3.8, 4) is 0 Å². The summed E-state index contributed by atoms with van der Waals surface area (Å²) in [4.78, 5) is 22.1. The van der Waals surface area contributed by atoms with E-state index < -0.39 is 23.4 Å². The number of benzene rings is 1. The maximum absolute atomic E-state index is 13.3. The van der Waals surface area contributed by atoms with E-state index in [-0.39, 0.29) is 36.0 Å². The van der Waals surface area contributed by atoms with Gasteiger partial charge >= 0.3 is 7.60 Å². The Morgan fingerprint density at radius 3 is 2.23 bits per heavy atom. The summed E-state index contributed by atoms with van der Waals surface area (Å²) in [6.45, 7) is 4.00. The smallest absolute Gasteiger partial charge is 0.309 e. The number of anilines is 1. The zero-order valence-corrected chi connectivity index (χ0v) is 22.2. The van der Waals surface area contributed by atoms with E-state index in [0.29, 0.717) is 18.0 Å². The molecule has 1 amide bonds. The van der Waals surface area contributed by atoms with Crippen molar-refractivity contribution in [1.82, 2.24) is 9.97 Å². The predicted molar refractivity (Wildman–Crippen MR) is 134 cm³/mol. The van der Waals surface area contributed by atoms with E-state index in [1.807, 2.05) is 0 Å². The number of nitrogens with one attached hydrogen (secondary N) is 1. The van der Waals surface area contributed by atoms with Crippen molar-refractivity contribution in [3.05, 3.63) is 47.9 Å². The standard InChI is InChI=1S/C24H34N3O6PS/c1-4-32-34(29,33-5-2)17-20-15-26-23(16-25-20)27-24(28)22(14-18-8-6-7-9-18)19-10-12-21(13-11-19)35(3,30)31/h10-13,15-16,18,22H,4-9,14,17H2,1-3H3,(H,26,27,28)/t22-/m1/s1. The highest BCUT2D eigenvalue weighted by Gasteiger charge is 2.28. The summed E-state index contributed by atoms with van der Waals surface area (Å²) in [6, 6.07) is 6.51. The molecule has 1 heterocycles. The average Bonchev–Trinajstić information content (AvgIpc) is 3.32. The summed E-state index contributed by atoms with van der Waals surface area (Å²) >= 11 is 0. The van der Waals surface area contributed by atoms with Crippen LogP contribution in [-0.2, 0) is 34.4 Å². The monoisotopic (exact) mass is 523 g/mol. The minimum atomic E-state index is -3.32. The molecule has 3 rings (SSSR count). The Kier molecular flexibility index (Phi) is 9.58. The van der Waals surface area contributed by atoms with Gasteiger partial charge in [-0.1, -0.05) is 37.8 Å². The van der Waals surface area contributed by atoms with Crippen molar-refractivity contribution in [3.63, 3.8) is 0 Å². The van der Waals surface area contributed by atoms with E-state index >= 15 is 0 Å². The maximum Gasteiger partial charge on any atom is 0.336 e. The van der Waals surface area contributed by atoms with Crippen LogP contribution in [0.25, 0.3) is 0 Å². The van der Waals surface area contributed by atoms with Crippen LogP contribution < -0.4 is 5.32 Å². The molecular formula is C24H34N3O6PS. The second kappa shape index (κ2) is 12.2. The molecule has 1 aromatic carbocycles. The Morgan fingerprint density at radius 2 is 1.71 bits per heavy atom.